The van der Waals surface area contributed by atoms with E-state index in [0.29, 0.717) is 0 Å². The van der Waals surface area contributed by atoms with Crippen molar-refractivity contribution in [3.8, 4) is 6.07 Å². The number of benzene rings is 1. The number of rotatable bonds is 1. The maximum atomic E-state index is 8.64. The van der Waals surface area contributed by atoms with Gasteiger partial charge in [-0.05, 0) is 16.5 Å². The lowest BCUT2D eigenvalue weighted by Crippen LogP contribution is -2.12. The fraction of sp³-hybridized carbons (Fsp3) is 0.417. The average molecular weight is 188 g/mol. The molecule has 14 heavy (non-hydrogen) atoms. The highest BCUT2D eigenvalue weighted by Crippen LogP contribution is 2.23. The minimum atomic E-state index is -0.510. The van der Waals surface area contributed by atoms with Crippen molar-refractivity contribution in [2.45, 2.75) is 32.2 Å². The molecule has 1 aromatic rings. The molecule has 1 atom stereocenters. The third-order valence-electron chi connectivity index (χ3n) is 2.27. The van der Waals surface area contributed by atoms with E-state index in [9.17, 15) is 0 Å². The number of hydrogen-bond donors (Lipinski definition) is 1. The van der Waals surface area contributed by atoms with E-state index in [1.54, 1.807) is 0 Å². The normalized spacial score (nSPS) is 13.4. The molecule has 0 heterocycles. The van der Waals surface area contributed by atoms with Gasteiger partial charge in [-0.3, -0.25) is 0 Å². The van der Waals surface area contributed by atoms with Gasteiger partial charge in [-0.1, -0.05) is 45.0 Å². The van der Waals surface area contributed by atoms with Crippen molar-refractivity contribution in [1.29, 1.82) is 5.26 Å². The SMILES string of the molecule is CC(C)(C)c1ccc(C(N)C#N)cc1. The Hall–Kier alpha value is -1.33. The summed E-state index contributed by atoms with van der Waals surface area (Å²) in [6.07, 6.45) is 0. The van der Waals surface area contributed by atoms with Crippen LogP contribution in [-0.2, 0) is 5.41 Å². The van der Waals surface area contributed by atoms with Gasteiger partial charge < -0.3 is 5.73 Å². The third-order valence-corrected chi connectivity index (χ3v) is 2.27. The maximum absolute atomic E-state index is 8.64. The van der Waals surface area contributed by atoms with Crippen molar-refractivity contribution in [1.82, 2.24) is 0 Å². The summed E-state index contributed by atoms with van der Waals surface area (Å²) in [5, 5.41) is 8.64. The van der Waals surface area contributed by atoms with Crippen molar-refractivity contribution in [3.05, 3.63) is 35.4 Å². The highest BCUT2D eigenvalue weighted by atomic mass is 14.6. The highest BCUT2D eigenvalue weighted by molar-refractivity contribution is 5.31. The van der Waals surface area contributed by atoms with E-state index in [0.717, 1.165) is 5.56 Å². The Labute approximate surface area is 85.4 Å². The quantitative estimate of drug-likeness (QED) is 0.736. The lowest BCUT2D eigenvalue weighted by Gasteiger charge is -2.19. The van der Waals surface area contributed by atoms with Crippen LogP contribution < -0.4 is 5.73 Å². The zero-order valence-corrected chi connectivity index (χ0v) is 8.91. The molecule has 0 amide bonds. The molecule has 2 N–H and O–H groups in total. The second-order valence-electron chi connectivity index (χ2n) is 4.48. The molecule has 0 aliphatic heterocycles. The molecule has 0 aliphatic carbocycles. The fourth-order valence-corrected chi connectivity index (χ4v) is 1.26. The Balaban J connectivity index is 2.96. The van der Waals surface area contributed by atoms with E-state index < -0.39 is 6.04 Å². The zero-order chi connectivity index (χ0) is 10.8. The average Bonchev–Trinajstić information content (AvgIpc) is 2.15. The Morgan fingerprint density at radius 1 is 1.21 bits per heavy atom. The van der Waals surface area contributed by atoms with E-state index in [-0.39, 0.29) is 5.41 Å². The first-order valence-corrected chi connectivity index (χ1v) is 4.71. The van der Waals surface area contributed by atoms with E-state index in [1.807, 2.05) is 30.3 Å². The van der Waals surface area contributed by atoms with Crippen molar-refractivity contribution in [2.75, 3.05) is 0 Å². The zero-order valence-electron chi connectivity index (χ0n) is 8.91. The van der Waals surface area contributed by atoms with Crippen molar-refractivity contribution < 1.29 is 0 Å². The molecule has 74 valence electrons. The van der Waals surface area contributed by atoms with Crippen LogP contribution in [0.15, 0.2) is 24.3 Å². The van der Waals surface area contributed by atoms with Crippen molar-refractivity contribution in [3.63, 3.8) is 0 Å². The molecule has 2 heteroatoms. The second-order valence-corrected chi connectivity index (χ2v) is 4.48. The van der Waals surface area contributed by atoms with Crippen LogP contribution in [-0.4, -0.2) is 0 Å². The second kappa shape index (κ2) is 3.81. The molecule has 0 fully saturated rings. The van der Waals surface area contributed by atoms with Crippen LogP contribution in [0.3, 0.4) is 0 Å². The number of nitrogens with zero attached hydrogens (tertiary/aromatic N) is 1. The molecular weight excluding hydrogens is 172 g/mol. The standard InChI is InChI=1S/C12H16N2/c1-12(2,3)10-6-4-9(5-7-10)11(14)8-13/h4-7,11H,14H2,1-3H3. The molecule has 1 unspecified atom stereocenters. The van der Waals surface area contributed by atoms with E-state index >= 15 is 0 Å². The summed E-state index contributed by atoms with van der Waals surface area (Å²) in [5.74, 6) is 0. The molecule has 0 bridgehead atoms. The molecule has 0 spiro atoms. The minimum absolute atomic E-state index is 0.148. The van der Waals surface area contributed by atoms with Crippen molar-refractivity contribution >= 4 is 0 Å². The number of nitrogens with two attached hydrogens (primary N) is 1. The fourth-order valence-electron chi connectivity index (χ4n) is 1.26. The minimum Gasteiger partial charge on any atom is -0.312 e. The summed E-state index contributed by atoms with van der Waals surface area (Å²) < 4.78 is 0. The van der Waals surface area contributed by atoms with Crippen LogP contribution in [0.5, 0.6) is 0 Å². The van der Waals surface area contributed by atoms with Gasteiger partial charge >= 0.3 is 0 Å². The van der Waals surface area contributed by atoms with Crippen molar-refractivity contribution in [2.24, 2.45) is 5.73 Å². The molecule has 1 aromatic carbocycles. The Kier molecular flexibility index (Phi) is 2.93. The Morgan fingerprint density at radius 2 is 1.71 bits per heavy atom. The van der Waals surface area contributed by atoms with Crippen LogP contribution in [0, 0.1) is 11.3 Å². The molecule has 2 nitrogen and oxygen atoms in total. The first kappa shape index (κ1) is 10.7. The molecular formula is C12H16N2. The van der Waals surface area contributed by atoms with E-state index in [4.69, 9.17) is 11.0 Å². The third kappa shape index (κ3) is 2.34. The Morgan fingerprint density at radius 3 is 2.07 bits per heavy atom. The van der Waals surface area contributed by atoms with E-state index in [1.165, 1.54) is 5.56 Å². The van der Waals surface area contributed by atoms with Crippen LogP contribution in [0.2, 0.25) is 0 Å². The predicted molar refractivity (Wildman–Crippen MR) is 57.7 cm³/mol. The van der Waals surface area contributed by atoms with Gasteiger partial charge in [0, 0.05) is 0 Å². The van der Waals surface area contributed by atoms with Gasteiger partial charge in [0.1, 0.15) is 6.04 Å². The smallest absolute Gasteiger partial charge is 0.118 e. The lowest BCUT2D eigenvalue weighted by molar-refractivity contribution is 0.590. The van der Waals surface area contributed by atoms with Gasteiger partial charge in [0.05, 0.1) is 6.07 Å². The summed E-state index contributed by atoms with van der Waals surface area (Å²) >= 11 is 0. The number of hydrogen-bond acceptors (Lipinski definition) is 2. The number of nitriles is 1. The maximum Gasteiger partial charge on any atom is 0.118 e. The van der Waals surface area contributed by atoms with Crippen LogP contribution in [0.4, 0.5) is 0 Å². The monoisotopic (exact) mass is 188 g/mol. The summed E-state index contributed by atoms with van der Waals surface area (Å²) in [6.45, 7) is 6.48. The first-order chi connectivity index (χ1) is 6.45. The van der Waals surface area contributed by atoms with Gasteiger partial charge in [-0.2, -0.15) is 5.26 Å². The van der Waals surface area contributed by atoms with Gasteiger partial charge in [0.2, 0.25) is 0 Å². The molecule has 0 saturated heterocycles. The van der Waals surface area contributed by atoms with E-state index in [2.05, 4.69) is 20.8 Å². The molecule has 1 rings (SSSR count). The topological polar surface area (TPSA) is 49.8 Å². The Bertz CT molecular complexity index is 338. The lowest BCUT2D eigenvalue weighted by atomic mass is 9.86. The van der Waals surface area contributed by atoms with Crippen LogP contribution in [0.1, 0.15) is 37.9 Å². The molecule has 0 radical (unpaired) electrons. The van der Waals surface area contributed by atoms with Gasteiger partial charge in [-0.15, -0.1) is 0 Å². The molecule has 0 saturated carbocycles. The molecule has 0 aliphatic rings. The summed E-state index contributed by atoms with van der Waals surface area (Å²) in [6, 6.07) is 9.43. The first-order valence-electron chi connectivity index (χ1n) is 4.71. The van der Waals surface area contributed by atoms with Crippen LogP contribution >= 0.6 is 0 Å². The van der Waals surface area contributed by atoms with Gasteiger partial charge in [0.15, 0.2) is 0 Å². The highest BCUT2D eigenvalue weighted by Gasteiger charge is 2.13. The summed E-state index contributed by atoms with van der Waals surface area (Å²) in [4.78, 5) is 0. The largest absolute Gasteiger partial charge is 0.312 e. The molecule has 0 aromatic heterocycles. The predicted octanol–water partition coefficient (Wildman–Crippen LogP) is 2.51. The van der Waals surface area contributed by atoms with Gasteiger partial charge in [0.25, 0.3) is 0 Å². The summed E-state index contributed by atoms with van der Waals surface area (Å²) in [7, 11) is 0. The van der Waals surface area contributed by atoms with Gasteiger partial charge in [-0.25, -0.2) is 0 Å². The summed E-state index contributed by atoms with van der Waals surface area (Å²) in [5.41, 5.74) is 7.87. The van der Waals surface area contributed by atoms with Crippen LogP contribution in [0.25, 0.3) is 0 Å².